The summed E-state index contributed by atoms with van der Waals surface area (Å²) in [5, 5.41) is 4.55. The molecule has 0 saturated carbocycles. The Morgan fingerprint density at radius 2 is 1.66 bits per heavy atom. The van der Waals surface area contributed by atoms with E-state index >= 15 is 0 Å². The molecule has 3 unspecified atom stereocenters. The molecule has 2 aromatic carbocycles. The number of Topliss-reactive ketones (excluding diaryl/α,β-unsaturated/α-hetero) is 1. The number of oxime groups is 1. The fourth-order valence-electron chi connectivity index (χ4n) is 9.73. The smallest absolute Gasteiger partial charge is 0.311 e. The van der Waals surface area contributed by atoms with Gasteiger partial charge in [0.2, 0.25) is 0 Å². The Kier molecular flexibility index (Phi) is 15.0. The number of esters is 2. The lowest BCUT2D eigenvalue weighted by atomic mass is 9.75. The van der Waals surface area contributed by atoms with Crippen molar-refractivity contribution in [3.8, 4) is 11.5 Å². The standard InChI is InChI=1S/C47H66N2O12/c1-12-38-47(9)42(51)29(4)39(60-47)27(2)23-46(8)43(59-45-41(57-32(7)50)37(49(10)11)21-28(3)56-45)30(5)40(31(6)44(52)58-38)54-25-34(26-55-46)48-61-36-20-16-19-35(22-36)53-24-33-17-14-13-15-18-33/h13-20,22,27-31,37-41,43,45H,12,21,23-26H2,1-11H3/b48-34+/t27-,28-,29?,30-,31-,37+,38-,39?,40+,41-,43-,45+,46-,47?/m1/s1. The molecule has 14 heteroatoms. The molecule has 0 aliphatic carbocycles. The third-order valence-corrected chi connectivity index (χ3v) is 12.9. The minimum Gasteiger partial charge on any atom is -0.489 e. The third kappa shape index (κ3) is 10.5. The number of carbonyl (C=O) groups excluding carboxylic acids is 3. The quantitative estimate of drug-likeness (QED) is 0.188. The average Bonchev–Trinajstić information content (AvgIpc) is 3.48. The Labute approximate surface area is 360 Å². The molecule has 14 nitrogen and oxygen atoms in total. The summed E-state index contributed by atoms with van der Waals surface area (Å²) in [5.41, 5.74) is -1.03. The molecule has 4 heterocycles. The maximum Gasteiger partial charge on any atom is 0.311 e. The lowest BCUT2D eigenvalue weighted by Crippen LogP contribution is -2.60. The number of nitrogens with zero attached hydrogens (tertiary/aromatic N) is 2. The molecule has 0 amide bonds. The predicted octanol–water partition coefficient (Wildman–Crippen LogP) is 6.55. The number of likely N-dealkylation sites (N-methyl/N-ethyl adjacent to an activating group) is 1. The molecule has 14 atom stereocenters. The largest absolute Gasteiger partial charge is 0.489 e. The van der Waals surface area contributed by atoms with Gasteiger partial charge in [0, 0.05) is 24.8 Å². The number of fused-ring (bicyclic) bond motifs is 5. The first-order chi connectivity index (χ1) is 28.9. The number of hydrogen-bond donors (Lipinski definition) is 0. The number of benzene rings is 2. The second-order valence-corrected chi connectivity index (χ2v) is 18.1. The van der Waals surface area contributed by atoms with E-state index in [1.54, 1.807) is 26.0 Å². The van der Waals surface area contributed by atoms with Gasteiger partial charge in [-0.05, 0) is 84.7 Å². The van der Waals surface area contributed by atoms with Gasteiger partial charge in [0.05, 0.1) is 55.2 Å². The second kappa shape index (κ2) is 19.6. The van der Waals surface area contributed by atoms with Crippen LogP contribution in [0.25, 0.3) is 0 Å². The highest BCUT2D eigenvalue weighted by molar-refractivity contribution is 5.92. The molecule has 0 radical (unpaired) electrons. The number of cyclic esters (lactones) is 1. The zero-order valence-corrected chi connectivity index (χ0v) is 37.7. The van der Waals surface area contributed by atoms with Gasteiger partial charge in [0.25, 0.3) is 0 Å². The lowest BCUT2D eigenvalue weighted by Gasteiger charge is -2.48. The SMILES string of the molecule is CC[C@H]1OC(=O)[C@H](C)[C@H]2OC/C(=N\Oc3cccc(OCc4ccccc4)c3)CO[C@](C)(C[C@@H](C)C3OC1(C)C(=O)C3C)[C@H](O[C@@H]1O[C@H](C)C[C@H](N(C)C)[C@H]1OC(C)=O)[C@@H]2C. The van der Waals surface area contributed by atoms with Crippen LogP contribution in [-0.4, -0.2) is 116 Å². The van der Waals surface area contributed by atoms with Crippen LogP contribution in [0.1, 0.15) is 87.1 Å². The van der Waals surface area contributed by atoms with Crippen molar-refractivity contribution < 1.29 is 57.1 Å². The van der Waals surface area contributed by atoms with Crippen molar-refractivity contribution in [3.63, 3.8) is 0 Å². The monoisotopic (exact) mass is 850 g/mol. The first-order valence-electron chi connectivity index (χ1n) is 21.8. The Hall–Kier alpha value is -3.92. The molecular formula is C47H66N2O12. The average molecular weight is 851 g/mol. The Morgan fingerprint density at radius 3 is 2.34 bits per heavy atom. The van der Waals surface area contributed by atoms with Crippen LogP contribution >= 0.6 is 0 Å². The van der Waals surface area contributed by atoms with Gasteiger partial charge in [0.15, 0.2) is 29.5 Å². The molecule has 4 saturated heterocycles. The Morgan fingerprint density at radius 1 is 0.934 bits per heavy atom. The Bertz CT molecular complexity index is 1860. The van der Waals surface area contributed by atoms with Gasteiger partial charge in [-0.3, -0.25) is 14.4 Å². The molecule has 0 spiro atoms. The van der Waals surface area contributed by atoms with Crippen molar-refractivity contribution >= 4 is 23.4 Å². The summed E-state index contributed by atoms with van der Waals surface area (Å²) in [6, 6.07) is 16.9. The lowest BCUT2D eigenvalue weighted by molar-refractivity contribution is -0.305. The van der Waals surface area contributed by atoms with Crippen LogP contribution in [-0.2, 0) is 54.1 Å². The van der Waals surface area contributed by atoms with E-state index < -0.39 is 77.7 Å². The predicted molar refractivity (Wildman–Crippen MR) is 226 cm³/mol. The normalized spacial score (nSPS) is 38.0. The summed E-state index contributed by atoms with van der Waals surface area (Å²) in [6.45, 7) is 16.9. The van der Waals surface area contributed by atoms with Crippen LogP contribution < -0.4 is 9.57 Å². The Balaban J connectivity index is 1.39. The van der Waals surface area contributed by atoms with E-state index in [0.717, 1.165) is 5.56 Å². The maximum absolute atomic E-state index is 14.4. The highest BCUT2D eigenvalue weighted by Gasteiger charge is 2.59. The van der Waals surface area contributed by atoms with Gasteiger partial charge in [-0.15, -0.1) is 0 Å². The number of carbonyl (C=O) groups is 3. The van der Waals surface area contributed by atoms with E-state index in [4.69, 9.17) is 42.7 Å². The summed E-state index contributed by atoms with van der Waals surface area (Å²) in [6.07, 6.45) is -3.68. The fourth-order valence-corrected chi connectivity index (χ4v) is 9.73. The van der Waals surface area contributed by atoms with Gasteiger partial charge < -0.3 is 47.6 Å². The molecule has 336 valence electrons. The molecule has 0 N–H and O–H groups in total. The van der Waals surface area contributed by atoms with Crippen molar-refractivity contribution in [1.82, 2.24) is 4.90 Å². The van der Waals surface area contributed by atoms with Crippen LogP contribution in [0.15, 0.2) is 59.8 Å². The number of ketones is 1. The van der Waals surface area contributed by atoms with Gasteiger partial charge in [-0.25, -0.2) is 0 Å². The minimum absolute atomic E-state index is 0.0310. The molecule has 2 aromatic rings. The molecule has 4 bridgehead atoms. The van der Waals surface area contributed by atoms with Crippen molar-refractivity contribution in [2.24, 2.45) is 28.8 Å². The van der Waals surface area contributed by atoms with Crippen LogP contribution in [0.2, 0.25) is 0 Å². The number of rotatable bonds is 10. The summed E-state index contributed by atoms with van der Waals surface area (Å²) >= 11 is 0. The highest BCUT2D eigenvalue weighted by Crippen LogP contribution is 2.45. The zero-order valence-electron chi connectivity index (χ0n) is 37.7. The molecule has 4 aliphatic heterocycles. The maximum atomic E-state index is 14.4. The van der Waals surface area contributed by atoms with E-state index in [-0.39, 0.29) is 37.1 Å². The van der Waals surface area contributed by atoms with E-state index in [1.807, 2.05) is 103 Å². The van der Waals surface area contributed by atoms with Crippen molar-refractivity contribution in [2.75, 3.05) is 27.3 Å². The molecule has 61 heavy (non-hydrogen) atoms. The topological polar surface area (TPSA) is 150 Å². The van der Waals surface area contributed by atoms with Gasteiger partial charge in [-0.2, -0.15) is 0 Å². The van der Waals surface area contributed by atoms with E-state index in [2.05, 4.69) is 5.16 Å². The molecular weight excluding hydrogens is 785 g/mol. The van der Waals surface area contributed by atoms with Crippen LogP contribution in [0, 0.1) is 23.7 Å². The highest BCUT2D eigenvalue weighted by atomic mass is 16.7. The molecule has 4 aliphatic rings. The first kappa shape index (κ1) is 46.6. The third-order valence-electron chi connectivity index (χ3n) is 12.9. The van der Waals surface area contributed by atoms with Crippen LogP contribution in [0.3, 0.4) is 0 Å². The molecule has 0 aromatic heterocycles. The number of hydrogen-bond acceptors (Lipinski definition) is 14. The fraction of sp³-hybridized carbons (Fsp3) is 0.660. The minimum atomic E-state index is -1.34. The summed E-state index contributed by atoms with van der Waals surface area (Å²) in [4.78, 5) is 49.1. The van der Waals surface area contributed by atoms with Gasteiger partial charge in [-0.1, -0.05) is 69.2 Å². The van der Waals surface area contributed by atoms with Gasteiger partial charge in [0.1, 0.15) is 24.2 Å². The molecule has 4 fully saturated rings. The van der Waals surface area contributed by atoms with Crippen LogP contribution in [0.4, 0.5) is 0 Å². The van der Waals surface area contributed by atoms with Crippen LogP contribution in [0.5, 0.6) is 11.5 Å². The van der Waals surface area contributed by atoms with E-state index in [9.17, 15) is 14.4 Å². The summed E-state index contributed by atoms with van der Waals surface area (Å²) < 4.78 is 52.4. The van der Waals surface area contributed by atoms with Crippen molar-refractivity contribution in [2.45, 2.75) is 148 Å². The summed E-state index contributed by atoms with van der Waals surface area (Å²) in [7, 11) is 3.87. The van der Waals surface area contributed by atoms with Crippen molar-refractivity contribution in [3.05, 3.63) is 60.2 Å². The first-order valence-corrected chi connectivity index (χ1v) is 21.8. The van der Waals surface area contributed by atoms with Crippen molar-refractivity contribution in [1.29, 1.82) is 0 Å². The van der Waals surface area contributed by atoms with Gasteiger partial charge >= 0.3 is 11.9 Å². The van der Waals surface area contributed by atoms with E-state index in [0.29, 0.717) is 43.1 Å². The van der Waals surface area contributed by atoms with E-state index in [1.165, 1.54) is 6.92 Å². The summed E-state index contributed by atoms with van der Waals surface area (Å²) in [5.74, 6) is -2.20. The second-order valence-electron chi connectivity index (χ2n) is 18.1. The number of ether oxygens (including phenoxy) is 8. The zero-order chi connectivity index (χ0) is 44.2. The molecule has 6 rings (SSSR count).